The van der Waals surface area contributed by atoms with Crippen LogP contribution in [0.15, 0.2) is 6.07 Å². The second-order valence-electron chi connectivity index (χ2n) is 5.47. The van der Waals surface area contributed by atoms with Crippen molar-refractivity contribution in [2.75, 3.05) is 6.61 Å². The molecule has 0 bridgehead atoms. The largest absolute Gasteiger partial charge is 0.375 e. The summed E-state index contributed by atoms with van der Waals surface area (Å²) in [5.74, 6) is 0. The van der Waals surface area contributed by atoms with Crippen LogP contribution in [0.4, 0.5) is 0 Å². The van der Waals surface area contributed by atoms with E-state index in [1.165, 1.54) is 11.3 Å². The Balaban J connectivity index is 1.99. The fraction of sp³-hybridized carbons (Fsp3) is 0.692. The second-order valence-corrected chi connectivity index (χ2v) is 7.75. The average molecular weight is 308 g/mol. The summed E-state index contributed by atoms with van der Waals surface area (Å²) < 4.78 is 7.26. The smallest absolute Gasteiger partial charge is 0.0991 e. The predicted octanol–water partition coefficient (Wildman–Crippen LogP) is 4.66. The summed E-state index contributed by atoms with van der Waals surface area (Å²) in [7, 11) is 0. The Morgan fingerprint density at radius 3 is 2.78 bits per heavy atom. The maximum absolute atomic E-state index is 6.18. The Hall–Kier alpha value is 0.200. The van der Waals surface area contributed by atoms with E-state index in [9.17, 15) is 0 Å². The van der Waals surface area contributed by atoms with Crippen LogP contribution in [-0.2, 0) is 4.74 Å². The lowest BCUT2D eigenvalue weighted by molar-refractivity contribution is -0.0639. The van der Waals surface area contributed by atoms with E-state index in [4.69, 9.17) is 27.9 Å². The minimum Gasteiger partial charge on any atom is -0.375 e. The first kappa shape index (κ1) is 14.6. The van der Waals surface area contributed by atoms with Crippen molar-refractivity contribution in [1.82, 2.24) is 5.32 Å². The minimum atomic E-state index is -0.0360. The normalized spacial score (nSPS) is 25.1. The molecule has 0 aliphatic carbocycles. The standard InChI is InChI=1S/C13H19Cl2NOS/c1-8(10-6-11(14)18-12(10)15)16-9-4-5-17-13(2,3)7-9/h6,8-9,16H,4-5,7H2,1-3H3. The molecule has 2 atom stereocenters. The maximum Gasteiger partial charge on any atom is 0.0991 e. The van der Waals surface area contributed by atoms with E-state index >= 15 is 0 Å². The molecule has 2 rings (SSSR count). The molecule has 1 aliphatic rings. The van der Waals surface area contributed by atoms with Crippen molar-refractivity contribution in [3.8, 4) is 0 Å². The minimum absolute atomic E-state index is 0.0360. The van der Waals surface area contributed by atoms with E-state index < -0.39 is 0 Å². The average Bonchev–Trinajstić information content (AvgIpc) is 2.56. The number of nitrogens with one attached hydrogen (secondary N) is 1. The Kier molecular flexibility index (Phi) is 4.61. The summed E-state index contributed by atoms with van der Waals surface area (Å²) >= 11 is 13.6. The summed E-state index contributed by atoms with van der Waals surface area (Å²) in [6, 6.07) is 2.65. The van der Waals surface area contributed by atoms with Gasteiger partial charge in [0.1, 0.15) is 0 Å². The van der Waals surface area contributed by atoms with Crippen LogP contribution < -0.4 is 5.32 Å². The molecular formula is C13H19Cl2NOS. The van der Waals surface area contributed by atoms with Gasteiger partial charge in [-0.15, -0.1) is 11.3 Å². The molecule has 102 valence electrons. The fourth-order valence-electron chi connectivity index (χ4n) is 2.47. The van der Waals surface area contributed by atoms with Gasteiger partial charge in [-0.05, 0) is 45.2 Å². The van der Waals surface area contributed by atoms with Gasteiger partial charge >= 0.3 is 0 Å². The molecule has 2 unspecified atom stereocenters. The molecule has 1 aromatic rings. The zero-order chi connectivity index (χ0) is 13.3. The van der Waals surface area contributed by atoms with Crippen LogP contribution in [0.3, 0.4) is 0 Å². The molecule has 0 amide bonds. The highest BCUT2D eigenvalue weighted by Gasteiger charge is 2.29. The molecule has 0 saturated carbocycles. The van der Waals surface area contributed by atoms with Gasteiger partial charge in [-0.1, -0.05) is 23.2 Å². The molecule has 1 saturated heterocycles. The third-order valence-corrected chi connectivity index (χ3v) is 4.85. The highest BCUT2D eigenvalue weighted by molar-refractivity contribution is 7.20. The van der Waals surface area contributed by atoms with Gasteiger partial charge in [-0.25, -0.2) is 0 Å². The van der Waals surface area contributed by atoms with Gasteiger partial charge in [0.15, 0.2) is 0 Å². The van der Waals surface area contributed by atoms with Gasteiger partial charge in [0, 0.05) is 18.7 Å². The summed E-state index contributed by atoms with van der Waals surface area (Å²) in [6.07, 6.45) is 2.07. The van der Waals surface area contributed by atoms with E-state index in [1.54, 1.807) is 0 Å². The first-order chi connectivity index (χ1) is 8.37. The van der Waals surface area contributed by atoms with Gasteiger partial charge in [0.05, 0.1) is 14.3 Å². The van der Waals surface area contributed by atoms with Gasteiger partial charge in [0.25, 0.3) is 0 Å². The number of halogens is 2. The van der Waals surface area contributed by atoms with Crippen molar-refractivity contribution in [3.05, 3.63) is 20.3 Å². The molecule has 5 heteroatoms. The lowest BCUT2D eigenvalue weighted by Gasteiger charge is -2.37. The Morgan fingerprint density at radius 1 is 1.50 bits per heavy atom. The lowest BCUT2D eigenvalue weighted by atomic mass is 9.93. The van der Waals surface area contributed by atoms with Crippen molar-refractivity contribution >= 4 is 34.5 Å². The highest BCUT2D eigenvalue weighted by Crippen LogP contribution is 2.35. The Bertz CT molecular complexity index is 419. The lowest BCUT2D eigenvalue weighted by Crippen LogP contribution is -2.44. The SMILES string of the molecule is CC(NC1CCOC(C)(C)C1)c1cc(Cl)sc1Cl. The van der Waals surface area contributed by atoms with Crippen LogP contribution in [0.1, 0.15) is 45.2 Å². The molecule has 2 nitrogen and oxygen atoms in total. The van der Waals surface area contributed by atoms with Crippen LogP contribution in [-0.4, -0.2) is 18.2 Å². The Morgan fingerprint density at radius 2 is 2.22 bits per heavy atom. The molecule has 0 aromatic carbocycles. The van der Waals surface area contributed by atoms with E-state index in [-0.39, 0.29) is 11.6 Å². The zero-order valence-electron chi connectivity index (χ0n) is 10.9. The van der Waals surface area contributed by atoms with Crippen molar-refractivity contribution in [3.63, 3.8) is 0 Å². The number of rotatable bonds is 3. The van der Waals surface area contributed by atoms with E-state index in [2.05, 4.69) is 26.1 Å². The van der Waals surface area contributed by atoms with E-state index in [1.807, 2.05) is 6.07 Å². The molecule has 18 heavy (non-hydrogen) atoms. The molecule has 1 N–H and O–H groups in total. The van der Waals surface area contributed by atoms with Crippen LogP contribution in [0, 0.1) is 0 Å². The van der Waals surface area contributed by atoms with Gasteiger partial charge in [-0.3, -0.25) is 0 Å². The molecule has 1 aliphatic heterocycles. The molecule has 1 aromatic heterocycles. The number of hydrogen-bond donors (Lipinski definition) is 1. The summed E-state index contributed by atoms with van der Waals surface area (Å²) in [6.45, 7) is 7.22. The quantitative estimate of drug-likeness (QED) is 0.876. The van der Waals surface area contributed by atoms with Crippen molar-refractivity contribution < 1.29 is 4.74 Å². The third kappa shape index (κ3) is 3.61. The second kappa shape index (κ2) is 5.68. The molecule has 0 radical (unpaired) electrons. The molecule has 0 spiro atoms. The third-order valence-electron chi connectivity index (χ3n) is 3.33. The predicted molar refractivity (Wildman–Crippen MR) is 78.9 cm³/mol. The van der Waals surface area contributed by atoms with E-state index in [0.717, 1.165) is 33.7 Å². The number of hydrogen-bond acceptors (Lipinski definition) is 3. The van der Waals surface area contributed by atoms with Crippen LogP contribution >= 0.6 is 34.5 Å². The molecule has 1 fully saturated rings. The van der Waals surface area contributed by atoms with Gasteiger partial charge in [0.2, 0.25) is 0 Å². The topological polar surface area (TPSA) is 21.3 Å². The number of ether oxygens (including phenoxy) is 1. The zero-order valence-corrected chi connectivity index (χ0v) is 13.3. The maximum atomic E-state index is 6.18. The first-order valence-corrected chi connectivity index (χ1v) is 7.79. The fourth-order valence-corrected chi connectivity index (χ4v) is 4.11. The van der Waals surface area contributed by atoms with Crippen molar-refractivity contribution in [2.24, 2.45) is 0 Å². The van der Waals surface area contributed by atoms with Gasteiger partial charge < -0.3 is 10.1 Å². The number of thiophene rings is 1. The van der Waals surface area contributed by atoms with Crippen LogP contribution in [0.2, 0.25) is 8.67 Å². The first-order valence-electron chi connectivity index (χ1n) is 6.22. The summed E-state index contributed by atoms with van der Waals surface area (Å²) in [5, 5.41) is 3.63. The monoisotopic (exact) mass is 307 g/mol. The van der Waals surface area contributed by atoms with Crippen LogP contribution in [0.5, 0.6) is 0 Å². The molecule has 2 heterocycles. The van der Waals surface area contributed by atoms with E-state index in [0.29, 0.717) is 6.04 Å². The van der Waals surface area contributed by atoms with Crippen molar-refractivity contribution in [1.29, 1.82) is 0 Å². The van der Waals surface area contributed by atoms with Crippen LogP contribution in [0.25, 0.3) is 0 Å². The Labute approximate surface area is 123 Å². The highest BCUT2D eigenvalue weighted by atomic mass is 35.5. The van der Waals surface area contributed by atoms with Gasteiger partial charge in [-0.2, -0.15) is 0 Å². The molecular weight excluding hydrogens is 289 g/mol. The van der Waals surface area contributed by atoms with Crippen molar-refractivity contribution in [2.45, 2.75) is 51.3 Å². The summed E-state index contributed by atoms with van der Waals surface area (Å²) in [5.41, 5.74) is 1.06. The summed E-state index contributed by atoms with van der Waals surface area (Å²) in [4.78, 5) is 0.